The summed E-state index contributed by atoms with van der Waals surface area (Å²) in [4.78, 5) is 27.6. The zero-order chi connectivity index (χ0) is 21.7. The van der Waals surface area contributed by atoms with E-state index in [0.29, 0.717) is 6.54 Å². The molecule has 6 nitrogen and oxygen atoms in total. The minimum absolute atomic E-state index is 0.0251. The van der Waals surface area contributed by atoms with Crippen molar-refractivity contribution in [3.05, 3.63) is 42.4 Å². The molecule has 0 bridgehead atoms. The summed E-state index contributed by atoms with van der Waals surface area (Å²) in [6.45, 7) is 10.9. The van der Waals surface area contributed by atoms with Crippen LogP contribution in [0, 0.1) is 5.41 Å². The van der Waals surface area contributed by atoms with Gasteiger partial charge in [0.15, 0.2) is 0 Å². The molecular weight excluding hydrogens is 394 g/mol. The van der Waals surface area contributed by atoms with Gasteiger partial charge in [-0.05, 0) is 30.9 Å². The Hall–Kier alpha value is -2.80. The fraction of sp³-hybridized carbons (Fsp3) is 0.391. The molecule has 0 atom stereocenters. The molecule has 0 aliphatic carbocycles. The van der Waals surface area contributed by atoms with E-state index in [2.05, 4.69) is 42.1 Å². The maximum atomic E-state index is 12.9. The summed E-state index contributed by atoms with van der Waals surface area (Å²) >= 11 is 1.55. The standard InChI is InChI=1S/C23H27N5OS/c1-22(2,3)12-25-21(29)23(4,5)15-9-7-8-14(10-15)19-27-17-18-16(26-13-28(18)6)11-24-20(17)30-19/h7-11,13H,12H2,1-6H3,(H,25,29). The summed E-state index contributed by atoms with van der Waals surface area (Å²) in [6, 6.07) is 8.09. The minimum Gasteiger partial charge on any atom is -0.355 e. The van der Waals surface area contributed by atoms with Crippen LogP contribution in [0.15, 0.2) is 36.8 Å². The van der Waals surface area contributed by atoms with Crippen molar-refractivity contribution in [3.63, 3.8) is 0 Å². The van der Waals surface area contributed by atoms with Gasteiger partial charge < -0.3 is 9.88 Å². The number of aryl methyl sites for hydroxylation is 1. The number of carbonyl (C=O) groups is 1. The van der Waals surface area contributed by atoms with Crippen LogP contribution >= 0.6 is 11.3 Å². The first-order chi connectivity index (χ1) is 14.1. The van der Waals surface area contributed by atoms with E-state index in [9.17, 15) is 4.79 Å². The van der Waals surface area contributed by atoms with Crippen LogP contribution in [0.25, 0.3) is 32.0 Å². The van der Waals surface area contributed by atoms with E-state index in [0.717, 1.165) is 37.5 Å². The van der Waals surface area contributed by atoms with Crippen LogP contribution in [0.4, 0.5) is 0 Å². The highest BCUT2D eigenvalue weighted by molar-refractivity contribution is 7.21. The first kappa shape index (κ1) is 20.5. The molecule has 3 heterocycles. The van der Waals surface area contributed by atoms with Gasteiger partial charge in [0.1, 0.15) is 20.9 Å². The minimum atomic E-state index is -0.647. The largest absolute Gasteiger partial charge is 0.355 e. The molecule has 4 rings (SSSR count). The topological polar surface area (TPSA) is 72.7 Å². The number of nitrogens with zero attached hydrogens (tertiary/aromatic N) is 4. The molecule has 0 fully saturated rings. The highest BCUT2D eigenvalue weighted by Gasteiger charge is 2.31. The van der Waals surface area contributed by atoms with Crippen LogP contribution in [0.5, 0.6) is 0 Å². The van der Waals surface area contributed by atoms with Crippen molar-refractivity contribution >= 4 is 38.6 Å². The summed E-state index contributed by atoms with van der Waals surface area (Å²) in [5, 5.41) is 3.98. The van der Waals surface area contributed by atoms with Gasteiger partial charge in [-0.25, -0.2) is 15.0 Å². The van der Waals surface area contributed by atoms with Crippen LogP contribution in [0.3, 0.4) is 0 Å². The van der Waals surface area contributed by atoms with Crippen molar-refractivity contribution in [2.45, 2.75) is 40.0 Å². The lowest BCUT2D eigenvalue weighted by Gasteiger charge is -2.27. The predicted molar refractivity (Wildman–Crippen MR) is 123 cm³/mol. The van der Waals surface area contributed by atoms with Gasteiger partial charge in [0, 0.05) is 19.2 Å². The molecule has 0 radical (unpaired) electrons. The van der Waals surface area contributed by atoms with Crippen LogP contribution in [0.2, 0.25) is 0 Å². The summed E-state index contributed by atoms with van der Waals surface area (Å²) < 4.78 is 1.97. The predicted octanol–water partition coefficient (Wildman–Crippen LogP) is 4.68. The third-order valence-corrected chi connectivity index (χ3v) is 6.29. The van der Waals surface area contributed by atoms with Crippen LogP contribution in [0.1, 0.15) is 40.2 Å². The van der Waals surface area contributed by atoms with Crippen molar-refractivity contribution in [3.8, 4) is 10.6 Å². The van der Waals surface area contributed by atoms with Gasteiger partial charge in [-0.1, -0.05) is 50.3 Å². The fourth-order valence-electron chi connectivity index (χ4n) is 3.37. The molecule has 0 saturated heterocycles. The van der Waals surface area contributed by atoms with Crippen molar-refractivity contribution in [2.24, 2.45) is 12.5 Å². The highest BCUT2D eigenvalue weighted by atomic mass is 32.1. The summed E-state index contributed by atoms with van der Waals surface area (Å²) in [7, 11) is 1.97. The second-order valence-electron chi connectivity index (χ2n) is 9.47. The molecule has 1 aromatic carbocycles. The first-order valence-corrected chi connectivity index (χ1v) is 10.8. The summed E-state index contributed by atoms with van der Waals surface area (Å²) in [5.74, 6) is 0.0251. The number of imidazole rings is 1. The molecule has 0 spiro atoms. The number of rotatable bonds is 4. The SMILES string of the molecule is Cn1cnc2cnc3sc(-c4cccc(C(C)(C)C(=O)NCC(C)(C)C)c4)nc3c21. The van der Waals surface area contributed by atoms with E-state index in [1.807, 2.05) is 43.7 Å². The van der Waals surface area contributed by atoms with Gasteiger partial charge in [0.05, 0.1) is 23.5 Å². The van der Waals surface area contributed by atoms with Crippen molar-refractivity contribution in [1.29, 1.82) is 0 Å². The van der Waals surface area contributed by atoms with E-state index in [4.69, 9.17) is 4.98 Å². The monoisotopic (exact) mass is 421 g/mol. The zero-order valence-electron chi connectivity index (χ0n) is 18.3. The maximum Gasteiger partial charge on any atom is 0.230 e. The second kappa shape index (κ2) is 7.16. The first-order valence-electron chi connectivity index (χ1n) is 10.0. The average Bonchev–Trinajstić information content (AvgIpc) is 3.29. The Morgan fingerprint density at radius 2 is 1.93 bits per heavy atom. The number of amides is 1. The lowest BCUT2D eigenvalue weighted by Crippen LogP contribution is -2.43. The molecule has 0 unspecified atom stereocenters. The van der Waals surface area contributed by atoms with E-state index < -0.39 is 5.41 Å². The maximum absolute atomic E-state index is 12.9. The molecule has 7 heteroatoms. The molecule has 30 heavy (non-hydrogen) atoms. The van der Waals surface area contributed by atoms with E-state index >= 15 is 0 Å². The van der Waals surface area contributed by atoms with Gasteiger partial charge in [0.2, 0.25) is 5.91 Å². The van der Waals surface area contributed by atoms with E-state index in [1.54, 1.807) is 23.9 Å². The molecule has 156 valence electrons. The Labute approximate surface area is 180 Å². The van der Waals surface area contributed by atoms with Gasteiger partial charge in [0.25, 0.3) is 0 Å². The number of carbonyl (C=O) groups excluding carboxylic acids is 1. The quantitative estimate of drug-likeness (QED) is 0.519. The number of benzene rings is 1. The molecule has 4 aromatic rings. The molecule has 1 N–H and O–H groups in total. The smallest absolute Gasteiger partial charge is 0.230 e. The lowest BCUT2D eigenvalue weighted by molar-refractivity contribution is -0.126. The van der Waals surface area contributed by atoms with Crippen molar-refractivity contribution in [1.82, 2.24) is 24.8 Å². The molecule has 0 saturated carbocycles. The van der Waals surface area contributed by atoms with Crippen molar-refractivity contribution in [2.75, 3.05) is 6.54 Å². The number of fused-ring (bicyclic) bond motifs is 3. The Kier molecular flexibility index (Phi) is 4.89. The lowest BCUT2D eigenvalue weighted by atomic mass is 9.82. The van der Waals surface area contributed by atoms with E-state index in [1.165, 1.54) is 0 Å². The Bertz CT molecular complexity index is 1250. The highest BCUT2D eigenvalue weighted by Crippen LogP contribution is 2.34. The van der Waals surface area contributed by atoms with Gasteiger partial charge in [-0.2, -0.15) is 0 Å². The third kappa shape index (κ3) is 3.69. The molecule has 0 aliphatic rings. The molecule has 0 aliphatic heterocycles. The Morgan fingerprint density at radius 3 is 2.67 bits per heavy atom. The zero-order valence-corrected chi connectivity index (χ0v) is 19.1. The number of hydrogen-bond donors (Lipinski definition) is 1. The summed E-state index contributed by atoms with van der Waals surface area (Å²) in [5.41, 5.74) is 4.03. The third-order valence-electron chi connectivity index (χ3n) is 5.28. The number of hydrogen-bond acceptors (Lipinski definition) is 5. The van der Waals surface area contributed by atoms with Crippen molar-refractivity contribution < 1.29 is 4.79 Å². The van der Waals surface area contributed by atoms with E-state index in [-0.39, 0.29) is 11.3 Å². The number of aromatic nitrogens is 4. The molecule has 1 amide bonds. The van der Waals surface area contributed by atoms with Gasteiger partial charge >= 0.3 is 0 Å². The second-order valence-corrected chi connectivity index (χ2v) is 10.4. The summed E-state index contributed by atoms with van der Waals surface area (Å²) in [6.07, 6.45) is 3.57. The molecular formula is C23H27N5OS. The fourth-order valence-corrected chi connectivity index (χ4v) is 4.28. The Balaban J connectivity index is 1.70. The normalized spacial score (nSPS) is 12.6. The van der Waals surface area contributed by atoms with Crippen LogP contribution in [-0.2, 0) is 17.3 Å². The molecule has 3 aromatic heterocycles. The number of thiazole rings is 1. The number of nitrogens with one attached hydrogen (secondary N) is 1. The van der Waals surface area contributed by atoms with Crippen LogP contribution < -0.4 is 5.32 Å². The van der Waals surface area contributed by atoms with Gasteiger partial charge in [-0.3, -0.25) is 4.79 Å². The number of pyridine rings is 1. The average molecular weight is 422 g/mol. The van der Waals surface area contributed by atoms with Crippen LogP contribution in [-0.4, -0.2) is 32.0 Å². The van der Waals surface area contributed by atoms with Gasteiger partial charge in [-0.15, -0.1) is 0 Å². The Morgan fingerprint density at radius 1 is 1.17 bits per heavy atom.